The molecule has 6 rings (SSSR count). The zero-order valence-electron chi connectivity index (χ0n) is 26.7. The molecule has 0 unspecified atom stereocenters. The van der Waals surface area contributed by atoms with Crippen molar-refractivity contribution in [3.05, 3.63) is 76.1 Å². The molecule has 4 aromatic rings. The van der Waals surface area contributed by atoms with Crippen LogP contribution >= 0.6 is 0 Å². The second-order valence-electron chi connectivity index (χ2n) is 12.9. The third kappa shape index (κ3) is 5.54. The molecule has 2 aliphatic heterocycles. The third-order valence-corrected chi connectivity index (χ3v) is 11.3. The van der Waals surface area contributed by atoms with Crippen molar-refractivity contribution >= 4 is 27.5 Å². The fraction of sp³-hybridized carbons (Fsp3) is 0.438. The summed E-state index contributed by atoms with van der Waals surface area (Å²) >= 11 is 0. The van der Waals surface area contributed by atoms with Crippen molar-refractivity contribution in [3.63, 3.8) is 0 Å². The molecule has 1 fully saturated rings. The fourth-order valence-electron chi connectivity index (χ4n) is 6.81. The lowest BCUT2D eigenvalue weighted by Gasteiger charge is -2.36. The van der Waals surface area contributed by atoms with Crippen LogP contribution in [0, 0.1) is 30.6 Å². The second-order valence-corrected chi connectivity index (χ2v) is 14.8. The number of fused-ring (bicyclic) bond motifs is 4. The standard InChI is InChI=1S/C32H33F3N8O4S/c1-18-24(8-10-43-27(18)39-40-29(43)32(33,34)35)26(31(3,4)30(44)45)21-12-22(19(2)37-15-21)16-41-17-23-7-5-6-9-42(23)28-25(48(41,46)47)11-20(13-36)14-38-28/h8,10-12,14-15,23,26H,5-7,9,16-17H2,1-4H3,(H,44,45)/t23-,26-/m0/s1. The molecular formula is C32H33F3N8O4S. The summed E-state index contributed by atoms with van der Waals surface area (Å²) in [6.45, 7) is 7.02. The highest BCUT2D eigenvalue weighted by Crippen LogP contribution is 2.44. The number of hydrogen-bond donors (Lipinski definition) is 1. The Morgan fingerprint density at radius 2 is 1.90 bits per heavy atom. The van der Waals surface area contributed by atoms with E-state index in [4.69, 9.17) is 0 Å². The van der Waals surface area contributed by atoms with Gasteiger partial charge in [0.2, 0.25) is 15.8 Å². The molecule has 1 N–H and O–H groups in total. The molecule has 0 saturated carbocycles. The Kier molecular flexibility index (Phi) is 8.19. The van der Waals surface area contributed by atoms with Crippen LogP contribution in [0.3, 0.4) is 0 Å². The first-order valence-electron chi connectivity index (χ1n) is 15.3. The van der Waals surface area contributed by atoms with Gasteiger partial charge in [-0.05, 0) is 81.3 Å². The molecule has 252 valence electrons. The fourth-order valence-corrected chi connectivity index (χ4v) is 8.44. The largest absolute Gasteiger partial charge is 0.481 e. The van der Waals surface area contributed by atoms with Crippen molar-refractivity contribution in [1.82, 2.24) is 28.9 Å². The molecule has 4 aromatic heterocycles. The number of pyridine rings is 3. The van der Waals surface area contributed by atoms with Gasteiger partial charge >= 0.3 is 12.1 Å². The summed E-state index contributed by atoms with van der Waals surface area (Å²) in [5.74, 6) is -2.96. The van der Waals surface area contributed by atoms with Gasteiger partial charge in [0.15, 0.2) is 5.65 Å². The molecule has 0 aliphatic carbocycles. The molecule has 0 aromatic carbocycles. The van der Waals surface area contributed by atoms with Crippen LogP contribution in [-0.4, -0.2) is 67.5 Å². The minimum atomic E-state index is -4.75. The number of rotatable bonds is 6. The van der Waals surface area contributed by atoms with Crippen LogP contribution in [-0.2, 0) is 27.5 Å². The van der Waals surface area contributed by atoms with E-state index in [0.29, 0.717) is 40.3 Å². The topological polar surface area (TPSA) is 158 Å². The zero-order valence-corrected chi connectivity index (χ0v) is 27.5. The highest BCUT2D eigenvalue weighted by molar-refractivity contribution is 7.89. The normalized spacial score (nSPS) is 18.9. The van der Waals surface area contributed by atoms with Crippen LogP contribution in [0.1, 0.15) is 78.4 Å². The molecule has 6 heterocycles. The number of carboxylic acid groups (broad SMARTS) is 1. The molecule has 2 atom stereocenters. The predicted octanol–water partition coefficient (Wildman–Crippen LogP) is 4.83. The third-order valence-electron chi connectivity index (χ3n) is 9.49. The SMILES string of the molecule is Cc1ncc([C@@H](c2ccn3c(C(F)(F)F)nnc3c2C)C(C)(C)C(=O)O)cc1CN1C[C@@H]2CCCCN2c2ncc(C#N)cc2S1(=O)=O. The summed E-state index contributed by atoms with van der Waals surface area (Å²) in [6.07, 6.45) is 1.86. The summed E-state index contributed by atoms with van der Waals surface area (Å²) in [7, 11) is -4.15. The average Bonchev–Trinajstić information content (AvgIpc) is 3.46. The van der Waals surface area contributed by atoms with E-state index in [0.717, 1.165) is 23.7 Å². The lowest BCUT2D eigenvalue weighted by atomic mass is 9.70. The van der Waals surface area contributed by atoms with Crippen LogP contribution in [0.25, 0.3) is 5.65 Å². The van der Waals surface area contributed by atoms with Crippen molar-refractivity contribution in [2.24, 2.45) is 5.41 Å². The Bertz CT molecular complexity index is 2090. The van der Waals surface area contributed by atoms with Gasteiger partial charge in [0.25, 0.3) is 0 Å². The first-order valence-corrected chi connectivity index (χ1v) is 16.8. The number of aromatic nitrogens is 5. The van der Waals surface area contributed by atoms with Crippen LogP contribution in [0.5, 0.6) is 0 Å². The highest BCUT2D eigenvalue weighted by Gasteiger charge is 2.43. The van der Waals surface area contributed by atoms with Gasteiger partial charge in [-0.1, -0.05) is 6.07 Å². The molecule has 12 nitrogen and oxygen atoms in total. The number of piperidine rings is 1. The number of hydrogen-bond acceptors (Lipinski definition) is 9. The zero-order chi connectivity index (χ0) is 34.8. The van der Waals surface area contributed by atoms with Gasteiger partial charge in [0.05, 0.1) is 11.0 Å². The number of anilines is 1. The Morgan fingerprint density at radius 1 is 1.15 bits per heavy atom. The van der Waals surface area contributed by atoms with Crippen molar-refractivity contribution in [2.45, 2.75) is 76.5 Å². The van der Waals surface area contributed by atoms with Gasteiger partial charge in [-0.25, -0.2) is 13.4 Å². The monoisotopic (exact) mass is 682 g/mol. The first kappa shape index (κ1) is 33.3. The van der Waals surface area contributed by atoms with E-state index in [1.54, 1.807) is 19.9 Å². The van der Waals surface area contributed by atoms with E-state index in [2.05, 4.69) is 20.2 Å². The first-order chi connectivity index (χ1) is 22.5. The van der Waals surface area contributed by atoms with E-state index in [-0.39, 0.29) is 35.2 Å². The van der Waals surface area contributed by atoms with Gasteiger partial charge in [-0.3, -0.25) is 14.2 Å². The number of nitriles is 1. The summed E-state index contributed by atoms with van der Waals surface area (Å²) in [5, 5.41) is 27.0. The molecular weight excluding hydrogens is 649 g/mol. The van der Waals surface area contributed by atoms with Crippen molar-refractivity contribution in [2.75, 3.05) is 18.0 Å². The molecule has 0 radical (unpaired) electrons. The minimum Gasteiger partial charge on any atom is -0.481 e. The number of halogens is 3. The van der Waals surface area contributed by atoms with E-state index in [1.165, 1.54) is 48.9 Å². The van der Waals surface area contributed by atoms with Crippen molar-refractivity contribution in [3.8, 4) is 6.07 Å². The number of carboxylic acids is 1. The molecule has 1 saturated heterocycles. The Balaban J connectivity index is 1.46. The number of aryl methyl sites for hydroxylation is 2. The molecule has 0 amide bonds. The van der Waals surface area contributed by atoms with E-state index in [9.17, 15) is 36.8 Å². The van der Waals surface area contributed by atoms with E-state index in [1.807, 2.05) is 11.0 Å². The van der Waals surface area contributed by atoms with Crippen LogP contribution in [0.4, 0.5) is 19.0 Å². The summed E-state index contributed by atoms with van der Waals surface area (Å²) < 4.78 is 71.4. The van der Waals surface area contributed by atoms with Crippen LogP contribution in [0.15, 0.2) is 41.7 Å². The molecule has 16 heteroatoms. The van der Waals surface area contributed by atoms with Gasteiger partial charge in [-0.15, -0.1) is 10.2 Å². The lowest BCUT2D eigenvalue weighted by molar-refractivity contribution is -0.147. The number of nitrogens with zero attached hydrogens (tertiary/aromatic N) is 8. The Labute approximate surface area is 274 Å². The summed E-state index contributed by atoms with van der Waals surface area (Å²) in [4.78, 5) is 23.6. The van der Waals surface area contributed by atoms with Crippen molar-refractivity contribution in [1.29, 1.82) is 5.26 Å². The van der Waals surface area contributed by atoms with Gasteiger partial charge in [0.1, 0.15) is 16.8 Å². The lowest BCUT2D eigenvalue weighted by Crippen LogP contribution is -2.45. The number of sulfonamides is 1. The number of alkyl halides is 3. The highest BCUT2D eigenvalue weighted by atomic mass is 32.2. The average molecular weight is 683 g/mol. The number of aliphatic carboxylic acids is 1. The minimum absolute atomic E-state index is 0.0481. The Morgan fingerprint density at radius 3 is 2.58 bits per heavy atom. The summed E-state index contributed by atoms with van der Waals surface area (Å²) in [5.41, 5.74) is 0.777. The van der Waals surface area contributed by atoms with E-state index < -0.39 is 39.3 Å². The maximum absolute atomic E-state index is 14.2. The molecule has 0 spiro atoms. The maximum atomic E-state index is 14.2. The van der Waals surface area contributed by atoms with Gasteiger partial charge in [-0.2, -0.15) is 22.7 Å². The quantitative estimate of drug-likeness (QED) is 0.299. The maximum Gasteiger partial charge on any atom is 0.452 e. The van der Waals surface area contributed by atoms with Crippen LogP contribution in [0.2, 0.25) is 0 Å². The molecule has 0 bridgehead atoms. The van der Waals surface area contributed by atoms with Crippen LogP contribution < -0.4 is 4.90 Å². The van der Waals surface area contributed by atoms with Gasteiger partial charge < -0.3 is 10.0 Å². The van der Waals surface area contributed by atoms with Gasteiger partial charge in [0, 0.05) is 55.9 Å². The molecule has 48 heavy (non-hydrogen) atoms. The molecule has 2 aliphatic rings. The number of carbonyl (C=O) groups is 1. The smallest absolute Gasteiger partial charge is 0.452 e. The van der Waals surface area contributed by atoms with Crippen molar-refractivity contribution < 1.29 is 31.5 Å². The Hall–Kier alpha value is -4.62. The summed E-state index contributed by atoms with van der Waals surface area (Å²) in [6, 6.07) is 6.33. The second kappa shape index (κ2) is 11.8. The predicted molar refractivity (Wildman–Crippen MR) is 166 cm³/mol. The van der Waals surface area contributed by atoms with E-state index >= 15 is 0 Å².